The SMILES string of the molecule is Cc1cc(Cl)n2ncnc(N3CC4(CC(N(CCC5CC5)S(N)(=O)=O)C4)C3)c12. The summed E-state index contributed by atoms with van der Waals surface area (Å²) >= 11 is 6.24. The quantitative estimate of drug-likeness (QED) is 0.764. The van der Waals surface area contributed by atoms with Crippen LogP contribution in [0.3, 0.4) is 0 Å². The summed E-state index contributed by atoms with van der Waals surface area (Å²) in [6, 6.07) is 1.93. The number of anilines is 1. The van der Waals surface area contributed by atoms with Crippen LogP contribution in [0.1, 0.15) is 37.7 Å². The van der Waals surface area contributed by atoms with Gasteiger partial charge < -0.3 is 4.90 Å². The van der Waals surface area contributed by atoms with Gasteiger partial charge in [0.1, 0.15) is 17.0 Å². The van der Waals surface area contributed by atoms with Gasteiger partial charge in [-0.1, -0.05) is 24.4 Å². The zero-order valence-corrected chi connectivity index (χ0v) is 17.5. The number of nitrogens with two attached hydrogens (primary N) is 1. The summed E-state index contributed by atoms with van der Waals surface area (Å²) in [6.07, 6.45) is 6.64. The van der Waals surface area contributed by atoms with E-state index in [0.29, 0.717) is 17.6 Å². The maximum absolute atomic E-state index is 12.0. The van der Waals surface area contributed by atoms with Gasteiger partial charge in [-0.05, 0) is 43.7 Å². The highest BCUT2D eigenvalue weighted by Crippen LogP contribution is 2.52. The molecule has 1 saturated heterocycles. The molecule has 2 aromatic rings. The van der Waals surface area contributed by atoms with E-state index in [1.165, 1.54) is 19.2 Å². The lowest BCUT2D eigenvalue weighted by atomic mass is 9.60. The molecule has 0 aromatic carbocycles. The first-order valence-electron chi connectivity index (χ1n) is 9.79. The molecule has 2 N–H and O–H groups in total. The molecule has 1 spiro atoms. The van der Waals surface area contributed by atoms with Crippen LogP contribution in [0.25, 0.3) is 5.52 Å². The summed E-state index contributed by atoms with van der Waals surface area (Å²) in [5.41, 5.74) is 2.15. The van der Waals surface area contributed by atoms with Crippen molar-refractivity contribution in [1.29, 1.82) is 0 Å². The number of fused-ring (bicyclic) bond motifs is 1. The molecule has 152 valence electrons. The predicted molar refractivity (Wildman–Crippen MR) is 108 cm³/mol. The second-order valence-electron chi connectivity index (χ2n) is 8.80. The van der Waals surface area contributed by atoms with Crippen LogP contribution in [-0.2, 0) is 10.2 Å². The van der Waals surface area contributed by atoms with E-state index in [0.717, 1.165) is 49.2 Å². The first-order chi connectivity index (χ1) is 13.3. The van der Waals surface area contributed by atoms with E-state index in [-0.39, 0.29) is 11.5 Å². The minimum atomic E-state index is -3.64. The molecule has 5 rings (SSSR count). The Labute approximate surface area is 169 Å². The van der Waals surface area contributed by atoms with Crippen molar-refractivity contribution in [3.05, 3.63) is 23.1 Å². The minimum Gasteiger partial charge on any atom is -0.354 e. The molecule has 10 heteroatoms. The lowest BCUT2D eigenvalue weighted by Crippen LogP contribution is -2.67. The molecule has 28 heavy (non-hydrogen) atoms. The van der Waals surface area contributed by atoms with Gasteiger partial charge in [0.2, 0.25) is 0 Å². The Hall–Kier alpha value is -1.42. The van der Waals surface area contributed by atoms with Crippen LogP contribution in [-0.4, -0.2) is 53.0 Å². The lowest BCUT2D eigenvalue weighted by molar-refractivity contribution is 0.0127. The van der Waals surface area contributed by atoms with Gasteiger partial charge in [-0.15, -0.1) is 0 Å². The summed E-state index contributed by atoms with van der Waals surface area (Å²) in [6.45, 7) is 4.31. The molecule has 2 saturated carbocycles. The molecule has 0 bridgehead atoms. The highest BCUT2D eigenvalue weighted by molar-refractivity contribution is 7.86. The number of nitrogens with zero attached hydrogens (tertiary/aromatic N) is 5. The maximum Gasteiger partial charge on any atom is 0.277 e. The van der Waals surface area contributed by atoms with Crippen LogP contribution in [0.2, 0.25) is 5.15 Å². The van der Waals surface area contributed by atoms with Crippen LogP contribution in [0, 0.1) is 18.3 Å². The zero-order chi connectivity index (χ0) is 19.7. The largest absolute Gasteiger partial charge is 0.354 e. The van der Waals surface area contributed by atoms with E-state index < -0.39 is 10.2 Å². The molecule has 3 aliphatic rings. The van der Waals surface area contributed by atoms with Crippen molar-refractivity contribution < 1.29 is 8.42 Å². The molecule has 0 atom stereocenters. The molecule has 8 nitrogen and oxygen atoms in total. The molecule has 2 aliphatic carbocycles. The number of hydrogen-bond donors (Lipinski definition) is 1. The normalized spacial score (nSPS) is 22.1. The minimum absolute atomic E-state index is 0.0331. The van der Waals surface area contributed by atoms with Gasteiger partial charge in [0, 0.05) is 31.1 Å². The van der Waals surface area contributed by atoms with Crippen molar-refractivity contribution in [1.82, 2.24) is 18.9 Å². The number of rotatable bonds is 6. The Morgan fingerprint density at radius 1 is 1.36 bits per heavy atom. The van der Waals surface area contributed by atoms with Gasteiger partial charge in [0.25, 0.3) is 10.2 Å². The van der Waals surface area contributed by atoms with E-state index in [4.69, 9.17) is 16.7 Å². The monoisotopic (exact) mass is 424 g/mol. The van der Waals surface area contributed by atoms with Gasteiger partial charge in [0.15, 0.2) is 5.82 Å². The Morgan fingerprint density at radius 3 is 2.71 bits per heavy atom. The predicted octanol–water partition coefficient (Wildman–Crippen LogP) is 1.97. The van der Waals surface area contributed by atoms with Crippen LogP contribution in [0.4, 0.5) is 5.82 Å². The smallest absolute Gasteiger partial charge is 0.277 e. The summed E-state index contributed by atoms with van der Waals surface area (Å²) in [7, 11) is -3.64. The summed E-state index contributed by atoms with van der Waals surface area (Å²) in [5.74, 6) is 1.58. The third-order valence-electron chi connectivity index (χ3n) is 6.56. The van der Waals surface area contributed by atoms with Gasteiger partial charge >= 0.3 is 0 Å². The average Bonchev–Trinajstić information content (AvgIpc) is 3.32. The fourth-order valence-corrected chi connectivity index (χ4v) is 6.16. The maximum atomic E-state index is 12.0. The third-order valence-corrected chi connectivity index (χ3v) is 7.96. The number of halogens is 1. The standard InChI is InChI=1S/C18H25ClN6O2S/c1-12-6-15(19)25-16(12)17(21-11-22-25)23-9-18(10-23)7-14(8-18)24(28(20,26)27)5-4-13-2-3-13/h6,11,13-14H,2-5,7-10H2,1H3,(H2,20,26,27). The van der Waals surface area contributed by atoms with Crippen molar-refractivity contribution in [2.75, 3.05) is 24.5 Å². The van der Waals surface area contributed by atoms with Gasteiger partial charge in [0.05, 0.1) is 0 Å². The van der Waals surface area contributed by atoms with Crippen LogP contribution in [0.5, 0.6) is 0 Å². The Bertz CT molecular complexity index is 1020. The number of aromatic nitrogens is 3. The summed E-state index contributed by atoms with van der Waals surface area (Å²) in [5, 5.41) is 10.3. The van der Waals surface area contributed by atoms with Crippen LogP contribution >= 0.6 is 11.6 Å². The van der Waals surface area contributed by atoms with E-state index >= 15 is 0 Å². The first-order valence-corrected chi connectivity index (χ1v) is 11.7. The number of hydrogen-bond acceptors (Lipinski definition) is 5. The van der Waals surface area contributed by atoms with E-state index in [9.17, 15) is 8.42 Å². The highest BCUT2D eigenvalue weighted by Gasteiger charge is 2.55. The Kier molecular flexibility index (Phi) is 4.18. The van der Waals surface area contributed by atoms with Crippen molar-refractivity contribution in [3.63, 3.8) is 0 Å². The average molecular weight is 425 g/mol. The topological polar surface area (TPSA) is 96.8 Å². The van der Waals surface area contributed by atoms with Gasteiger partial charge in [-0.25, -0.2) is 14.6 Å². The van der Waals surface area contributed by atoms with Crippen molar-refractivity contribution in [2.45, 2.75) is 45.1 Å². The summed E-state index contributed by atoms with van der Waals surface area (Å²) in [4.78, 5) is 6.72. The van der Waals surface area contributed by atoms with E-state index in [1.807, 2.05) is 13.0 Å². The van der Waals surface area contributed by atoms with E-state index in [2.05, 4.69) is 15.0 Å². The third kappa shape index (κ3) is 3.08. The molecular weight excluding hydrogens is 400 g/mol. The molecular formula is C18H25ClN6O2S. The highest BCUT2D eigenvalue weighted by atomic mass is 35.5. The molecule has 0 unspecified atom stereocenters. The Morgan fingerprint density at radius 2 is 2.07 bits per heavy atom. The lowest BCUT2D eigenvalue weighted by Gasteiger charge is -2.60. The van der Waals surface area contributed by atoms with Crippen molar-refractivity contribution in [3.8, 4) is 0 Å². The molecule has 1 aliphatic heterocycles. The second kappa shape index (κ2) is 6.29. The summed E-state index contributed by atoms with van der Waals surface area (Å²) < 4.78 is 27.4. The molecule has 0 amide bonds. The van der Waals surface area contributed by atoms with Gasteiger partial charge in [-0.2, -0.15) is 17.8 Å². The fourth-order valence-electron chi connectivity index (χ4n) is 4.94. The molecule has 0 radical (unpaired) electrons. The van der Waals surface area contributed by atoms with Crippen molar-refractivity contribution in [2.24, 2.45) is 16.5 Å². The number of aryl methyl sites for hydroxylation is 1. The van der Waals surface area contributed by atoms with Gasteiger partial charge in [-0.3, -0.25) is 0 Å². The van der Waals surface area contributed by atoms with Crippen LogP contribution in [0.15, 0.2) is 12.4 Å². The first kappa shape index (κ1) is 18.6. The molecule has 3 heterocycles. The Balaban J connectivity index is 1.27. The second-order valence-corrected chi connectivity index (χ2v) is 10.7. The molecule has 3 fully saturated rings. The van der Waals surface area contributed by atoms with E-state index in [1.54, 1.807) is 8.82 Å². The van der Waals surface area contributed by atoms with Crippen LogP contribution < -0.4 is 10.0 Å². The molecule has 2 aromatic heterocycles. The fraction of sp³-hybridized carbons (Fsp3) is 0.667. The zero-order valence-electron chi connectivity index (χ0n) is 15.9. The van der Waals surface area contributed by atoms with Crippen molar-refractivity contribution >= 4 is 33.1 Å².